The molecule has 0 spiro atoms. The Hall–Kier alpha value is -2.50. The first-order valence-electron chi connectivity index (χ1n) is 9.83. The highest BCUT2D eigenvalue weighted by Crippen LogP contribution is 2.20. The molecule has 2 heterocycles. The molecule has 4 rings (SSSR count). The van der Waals surface area contributed by atoms with Crippen LogP contribution in [0.3, 0.4) is 0 Å². The number of hydrogen-bond donors (Lipinski definition) is 0. The van der Waals surface area contributed by atoms with Crippen LogP contribution in [0.2, 0.25) is 0 Å². The van der Waals surface area contributed by atoms with Crippen LogP contribution in [-0.4, -0.2) is 47.0 Å². The number of nitrogens with zero attached hydrogens (tertiary/aromatic N) is 4. The van der Waals surface area contributed by atoms with Crippen LogP contribution in [-0.2, 0) is 6.42 Å². The number of aryl methyl sites for hydroxylation is 1. The van der Waals surface area contributed by atoms with Gasteiger partial charge in [0, 0.05) is 50.7 Å². The lowest BCUT2D eigenvalue weighted by Gasteiger charge is -2.33. The number of hydrogen-bond acceptors (Lipinski definition) is 5. The molecule has 0 radical (unpaired) electrons. The third-order valence-corrected chi connectivity index (χ3v) is 5.87. The van der Waals surface area contributed by atoms with Gasteiger partial charge in [0.2, 0.25) is 5.13 Å². The van der Waals surface area contributed by atoms with Gasteiger partial charge in [0.15, 0.2) is 0 Å². The van der Waals surface area contributed by atoms with Crippen molar-refractivity contribution >= 4 is 22.7 Å². The van der Waals surface area contributed by atoms with E-state index in [0.29, 0.717) is 0 Å². The smallest absolute Gasteiger partial charge is 0.205 e. The minimum atomic E-state index is 0.807. The van der Waals surface area contributed by atoms with Crippen LogP contribution in [0, 0.1) is 6.92 Å². The summed E-state index contributed by atoms with van der Waals surface area (Å²) in [4.78, 5) is 9.64. The van der Waals surface area contributed by atoms with E-state index in [-0.39, 0.29) is 0 Å². The molecule has 1 aromatic heterocycles. The quantitative estimate of drug-likeness (QED) is 0.629. The molecule has 2 aromatic carbocycles. The molecular weight excluding hydrogens is 364 g/mol. The van der Waals surface area contributed by atoms with Gasteiger partial charge in [-0.15, -0.1) is 0 Å². The van der Waals surface area contributed by atoms with Gasteiger partial charge in [0.05, 0.1) is 0 Å². The molecule has 3 aromatic rings. The number of anilines is 1. The van der Waals surface area contributed by atoms with Crippen molar-refractivity contribution in [2.75, 3.05) is 37.6 Å². The molecule has 28 heavy (non-hydrogen) atoms. The summed E-state index contributed by atoms with van der Waals surface area (Å²) in [5.41, 5.74) is 3.81. The summed E-state index contributed by atoms with van der Waals surface area (Å²) < 4.78 is 4.58. The fraction of sp³-hybridized carbons (Fsp3) is 0.304. The SMILES string of the molecule is Cc1ccc(Cc2nsc(N3CCN(C/C=C/c4ccccc4)CC3)n2)cc1. The lowest BCUT2D eigenvalue weighted by Crippen LogP contribution is -2.46. The van der Waals surface area contributed by atoms with Crippen molar-refractivity contribution in [1.82, 2.24) is 14.3 Å². The van der Waals surface area contributed by atoms with E-state index in [1.54, 1.807) is 0 Å². The van der Waals surface area contributed by atoms with E-state index in [9.17, 15) is 0 Å². The van der Waals surface area contributed by atoms with E-state index in [4.69, 9.17) is 4.98 Å². The fourth-order valence-corrected chi connectivity index (χ4v) is 4.09. The zero-order valence-corrected chi connectivity index (χ0v) is 17.1. The summed E-state index contributed by atoms with van der Waals surface area (Å²) >= 11 is 1.53. The van der Waals surface area contributed by atoms with Gasteiger partial charge in [-0.25, -0.2) is 4.98 Å². The Balaban J connectivity index is 1.26. The summed E-state index contributed by atoms with van der Waals surface area (Å²) in [5, 5.41) is 1.06. The van der Waals surface area contributed by atoms with E-state index in [2.05, 4.69) is 87.8 Å². The molecule has 0 bridgehead atoms. The summed E-state index contributed by atoms with van der Waals surface area (Å²) in [7, 11) is 0. The minimum Gasteiger partial charge on any atom is -0.344 e. The topological polar surface area (TPSA) is 32.3 Å². The molecule has 0 atom stereocenters. The highest BCUT2D eigenvalue weighted by Gasteiger charge is 2.19. The molecule has 0 N–H and O–H groups in total. The van der Waals surface area contributed by atoms with Gasteiger partial charge in [-0.1, -0.05) is 72.3 Å². The second-order valence-corrected chi connectivity index (χ2v) is 7.99. The van der Waals surface area contributed by atoms with E-state index in [1.165, 1.54) is 28.2 Å². The number of aromatic nitrogens is 2. The lowest BCUT2D eigenvalue weighted by molar-refractivity contribution is 0.284. The van der Waals surface area contributed by atoms with Gasteiger partial charge in [-0.2, -0.15) is 4.37 Å². The molecule has 5 heteroatoms. The zero-order chi connectivity index (χ0) is 19.2. The Morgan fingerprint density at radius 3 is 2.46 bits per heavy atom. The Morgan fingerprint density at radius 2 is 1.71 bits per heavy atom. The zero-order valence-electron chi connectivity index (χ0n) is 16.3. The Kier molecular flexibility index (Phi) is 6.14. The summed E-state index contributed by atoms with van der Waals surface area (Å²) in [6, 6.07) is 19.1. The van der Waals surface area contributed by atoms with Gasteiger partial charge < -0.3 is 4.90 Å². The van der Waals surface area contributed by atoms with Gasteiger partial charge in [-0.05, 0) is 18.1 Å². The average Bonchev–Trinajstić information content (AvgIpc) is 3.20. The van der Waals surface area contributed by atoms with E-state index in [1.807, 2.05) is 0 Å². The van der Waals surface area contributed by atoms with Crippen molar-refractivity contribution in [2.45, 2.75) is 13.3 Å². The number of benzene rings is 2. The molecular formula is C23H26N4S. The Bertz CT molecular complexity index is 894. The molecule has 0 aliphatic carbocycles. The standard InChI is InChI=1S/C23H26N4S/c1-19-9-11-21(12-10-19)18-22-24-23(28-25-22)27-16-14-26(15-17-27)13-5-8-20-6-3-2-4-7-20/h2-12H,13-18H2,1H3/b8-5+. The minimum absolute atomic E-state index is 0.807. The van der Waals surface area contributed by atoms with Gasteiger partial charge in [-0.3, -0.25) is 4.90 Å². The van der Waals surface area contributed by atoms with E-state index < -0.39 is 0 Å². The monoisotopic (exact) mass is 390 g/mol. The molecule has 1 aliphatic rings. The predicted octanol–water partition coefficient (Wildman–Crippen LogP) is 4.27. The fourth-order valence-electron chi connectivity index (χ4n) is 3.36. The third kappa shape index (κ3) is 5.06. The van der Waals surface area contributed by atoms with Crippen LogP contribution < -0.4 is 4.90 Å². The molecule has 1 saturated heterocycles. The highest BCUT2D eigenvalue weighted by molar-refractivity contribution is 7.09. The highest BCUT2D eigenvalue weighted by atomic mass is 32.1. The maximum Gasteiger partial charge on any atom is 0.205 e. The van der Waals surface area contributed by atoms with Crippen molar-refractivity contribution in [2.24, 2.45) is 0 Å². The molecule has 0 saturated carbocycles. The van der Waals surface area contributed by atoms with Crippen molar-refractivity contribution < 1.29 is 0 Å². The third-order valence-electron chi connectivity index (χ3n) is 5.06. The molecule has 144 valence electrons. The Labute approximate surface area is 171 Å². The van der Waals surface area contributed by atoms with Crippen LogP contribution in [0.25, 0.3) is 6.08 Å². The summed E-state index contributed by atoms with van der Waals surface area (Å²) in [6.07, 6.45) is 5.27. The van der Waals surface area contributed by atoms with Crippen LogP contribution in [0.5, 0.6) is 0 Å². The normalized spacial score (nSPS) is 15.4. The maximum atomic E-state index is 4.78. The molecule has 0 amide bonds. The predicted molar refractivity (Wildman–Crippen MR) is 118 cm³/mol. The lowest BCUT2D eigenvalue weighted by atomic mass is 10.1. The number of rotatable bonds is 6. The van der Waals surface area contributed by atoms with Crippen LogP contribution in [0.1, 0.15) is 22.5 Å². The molecule has 1 aliphatic heterocycles. The molecule has 4 nitrogen and oxygen atoms in total. The van der Waals surface area contributed by atoms with Crippen LogP contribution in [0.15, 0.2) is 60.7 Å². The van der Waals surface area contributed by atoms with Crippen molar-refractivity contribution in [1.29, 1.82) is 0 Å². The second-order valence-electron chi connectivity index (χ2n) is 7.26. The second kappa shape index (κ2) is 9.13. The van der Waals surface area contributed by atoms with Crippen LogP contribution >= 0.6 is 11.5 Å². The first-order chi connectivity index (χ1) is 13.8. The Morgan fingerprint density at radius 1 is 0.964 bits per heavy atom. The van der Waals surface area contributed by atoms with Crippen molar-refractivity contribution in [3.63, 3.8) is 0 Å². The van der Waals surface area contributed by atoms with Gasteiger partial charge >= 0.3 is 0 Å². The van der Waals surface area contributed by atoms with Gasteiger partial charge in [0.1, 0.15) is 5.82 Å². The first kappa shape index (κ1) is 18.8. The molecule has 0 unspecified atom stereocenters. The van der Waals surface area contributed by atoms with Crippen molar-refractivity contribution in [3.05, 3.63) is 83.2 Å². The maximum absolute atomic E-state index is 4.78. The van der Waals surface area contributed by atoms with Gasteiger partial charge in [0.25, 0.3) is 0 Å². The summed E-state index contributed by atoms with van der Waals surface area (Å²) in [5.74, 6) is 0.928. The largest absolute Gasteiger partial charge is 0.344 e. The van der Waals surface area contributed by atoms with Crippen LogP contribution in [0.4, 0.5) is 5.13 Å². The van der Waals surface area contributed by atoms with Crippen molar-refractivity contribution in [3.8, 4) is 0 Å². The van der Waals surface area contributed by atoms with E-state index >= 15 is 0 Å². The number of piperazine rings is 1. The molecule has 1 fully saturated rings. The average molecular weight is 391 g/mol. The first-order valence-corrected chi connectivity index (χ1v) is 10.6. The van der Waals surface area contributed by atoms with E-state index in [0.717, 1.165) is 50.1 Å². The summed E-state index contributed by atoms with van der Waals surface area (Å²) in [6.45, 7) is 7.26.